The van der Waals surface area contributed by atoms with Crippen molar-refractivity contribution in [3.63, 3.8) is 0 Å². The van der Waals surface area contributed by atoms with Gasteiger partial charge in [-0.1, -0.05) is 72.3 Å². The second-order valence-electron chi connectivity index (χ2n) is 9.01. The number of benzene rings is 3. The fraction of sp³-hybridized carbons (Fsp3) is 0.321. The molecule has 0 bridgehead atoms. The van der Waals surface area contributed by atoms with Crippen LogP contribution in [-0.4, -0.2) is 23.9 Å². The lowest BCUT2D eigenvalue weighted by molar-refractivity contribution is -0.127. The number of hydrogen-bond donors (Lipinski definition) is 1. The first-order chi connectivity index (χ1) is 15.5. The van der Waals surface area contributed by atoms with E-state index in [1.807, 2.05) is 43.3 Å². The molecule has 1 saturated heterocycles. The van der Waals surface area contributed by atoms with E-state index in [0.717, 1.165) is 24.1 Å². The van der Waals surface area contributed by atoms with Gasteiger partial charge in [-0.3, -0.25) is 9.69 Å². The highest BCUT2D eigenvalue weighted by Crippen LogP contribution is 2.32. The average molecular weight is 431 g/mol. The van der Waals surface area contributed by atoms with Crippen molar-refractivity contribution >= 4 is 5.91 Å². The Morgan fingerprint density at radius 2 is 1.81 bits per heavy atom. The molecule has 1 aliphatic rings. The number of halogens is 1. The molecular weight excluding hydrogens is 399 g/mol. The van der Waals surface area contributed by atoms with Crippen LogP contribution in [0.25, 0.3) is 0 Å². The molecular formula is C28H31FN2O. The molecule has 1 aliphatic heterocycles. The van der Waals surface area contributed by atoms with Crippen molar-refractivity contribution in [3.8, 4) is 0 Å². The summed E-state index contributed by atoms with van der Waals surface area (Å²) >= 11 is 0. The quantitative estimate of drug-likeness (QED) is 0.551. The Bertz CT molecular complexity index is 1050. The maximum atomic E-state index is 13.7. The number of rotatable bonds is 6. The van der Waals surface area contributed by atoms with Gasteiger partial charge >= 0.3 is 0 Å². The molecule has 3 aromatic rings. The van der Waals surface area contributed by atoms with Gasteiger partial charge in [0.1, 0.15) is 5.82 Å². The SMILES string of the molecule is Cc1cccc([C@@H]2C[C@H](C(=O)N[C@@H](C)c3ccccc3)CN(Cc3cccc(F)c3)C2)c1. The maximum absolute atomic E-state index is 13.7. The summed E-state index contributed by atoms with van der Waals surface area (Å²) in [6.07, 6.45) is 0.816. The van der Waals surface area contributed by atoms with Gasteiger partial charge in [0.2, 0.25) is 5.91 Å². The minimum atomic E-state index is -0.222. The van der Waals surface area contributed by atoms with Crippen LogP contribution in [0.15, 0.2) is 78.9 Å². The van der Waals surface area contributed by atoms with Crippen LogP contribution in [-0.2, 0) is 11.3 Å². The topological polar surface area (TPSA) is 32.3 Å². The number of amides is 1. The van der Waals surface area contributed by atoms with Gasteiger partial charge in [0.05, 0.1) is 12.0 Å². The van der Waals surface area contributed by atoms with E-state index in [9.17, 15) is 9.18 Å². The number of carbonyl (C=O) groups excluding carboxylic acids is 1. The van der Waals surface area contributed by atoms with E-state index in [1.165, 1.54) is 17.2 Å². The second kappa shape index (κ2) is 10.1. The highest BCUT2D eigenvalue weighted by atomic mass is 19.1. The Labute approximate surface area is 190 Å². The van der Waals surface area contributed by atoms with Gasteiger partial charge < -0.3 is 5.32 Å². The molecule has 0 radical (unpaired) electrons. The summed E-state index contributed by atoms with van der Waals surface area (Å²) < 4.78 is 13.7. The summed E-state index contributed by atoms with van der Waals surface area (Å²) in [5.41, 5.74) is 4.53. The molecule has 1 heterocycles. The van der Waals surface area contributed by atoms with Crippen LogP contribution in [0.3, 0.4) is 0 Å². The van der Waals surface area contributed by atoms with E-state index in [-0.39, 0.29) is 29.6 Å². The number of hydrogen-bond acceptors (Lipinski definition) is 2. The minimum Gasteiger partial charge on any atom is -0.349 e. The minimum absolute atomic E-state index is 0.0419. The zero-order chi connectivity index (χ0) is 22.5. The lowest BCUT2D eigenvalue weighted by Gasteiger charge is -2.38. The van der Waals surface area contributed by atoms with Gasteiger partial charge in [0, 0.05) is 19.6 Å². The lowest BCUT2D eigenvalue weighted by Crippen LogP contribution is -2.45. The van der Waals surface area contributed by atoms with Crippen LogP contribution >= 0.6 is 0 Å². The van der Waals surface area contributed by atoms with Gasteiger partial charge in [-0.2, -0.15) is 0 Å². The third kappa shape index (κ3) is 5.63. The molecule has 3 nitrogen and oxygen atoms in total. The van der Waals surface area contributed by atoms with Crippen molar-refractivity contribution in [2.45, 2.75) is 38.8 Å². The Kier molecular flexibility index (Phi) is 7.01. The Morgan fingerprint density at radius 3 is 2.56 bits per heavy atom. The first-order valence-electron chi connectivity index (χ1n) is 11.4. The van der Waals surface area contributed by atoms with Crippen LogP contribution in [0.2, 0.25) is 0 Å². The number of nitrogens with one attached hydrogen (secondary N) is 1. The summed E-state index contributed by atoms with van der Waals surface area (Å²) in [6, 6.07) is 25.3. The van der Waals surface area contributed by atoms with Crippen LogP contribution in [0, 0.1) is 18.7 Å². The van der Waals surface area contributed by atoms with Gasteiger partial charge in [0.25, 0.3) is 0 Å². The van der Waals surface area contributed by atoms with Crippen molar-refractivity contribution < 1.29 is 9.18 Å². The predicted molar refractivity (Wildman–Crippen MR) is 127 cm³/mol. The molecule has 3 aromatic carbocycles. The second-order valence-corrected chi connectivity index (χ2v) is 9.01. The largest absolute Gasteiger partial charge is 0.349 e. The maximum Gasteiger partial charge on any atom is 0.224 e. The summed E-state index contributed by atoms with van der Waals surface area (Å²) in [6.45, 7) is 6.30. The molecule has 166 valence electrons. The molecule has 0 unspecified atom stereocenters. The van der Waals surface area contributed by atoms with Crippen LogP contribution in [0.1, 0.15) is 47.6 Å². The van der Waals surface area contributed by atoms with Crippen molar-refractivity contribution in [2.75, 3.05) is 13.1 Å². The molecule has 0 aliphatic carbocycles. The Morgan fingerprint density at radius 1 is 1.03 bits per heavy atom. The highest BCUT2D eigenvalue weighted by Gasteiger charge is 2.33. The summed E-state index contributed by atoms with van der Waals surface area (Å²) in [7, 11) is 0. The summed E-state index contributed by atoms with van der Waals surface area (Å²) in [5.74, 6) is 0.0117. The number of nitrogens with zero attached hydrogens (tertiary/aromatic N) is 1. The van der Waals surface area contributed by atoms with E-state index >= 15 is 0 Å². The molecule has 4 rings (SSSR count). The first kappa shape index (κ1) is 22.2. The van der Waals surface area contributed by atoms with E-state index < -0.39 is 0 Å². The third-order valence-corrected chi connectivity index (χ3v) is 6.36. The predicted octanol–water partition coefficient (Wildman–Crippen LogP) is 5.62. The molecule has 3 atom stereocenters. The van der Waals surface area contributed by atoms with Crippen molar-refractivity contribution in [1.82, 2.24) is 10.2 Å². The standard InChI is InChI=1S/C28H31FN2O/c1-20-8-6-12-24(14-20)25-16-26(28(32)30-21(2)23-10-4-3-5-11-23)19-31(18-25)17-22-9-7-13-27(29)15-22/h3-15,21,25-26H,16-19H2,1-2H3,(H,30,32)/t21-,25+,26-/m0/s1. The van der Waals surface area contributed by atoms with Crippen LogP contribution in [0.5, 0.6) is 0 Å². The number of aryl methyl sites for hydroxylation is 1. The molecule has 1 fully saturated rings. The average Bonchev–Trinajstić information content (AvgIpc) is 2.79. The van der Waals surface area contributed by atoms with Crippen LogP contribution < -0.4 is 5.32 Å². The molecule has 4 heteroatoms. The number of likely N-dealkylation sites (tertiary alicyclic amines) is 1. The van der Waals surface area contributed by atoms with Crippen LogP contribution in [0.4, 0.5) is 4.39 Å². The smallest absolute Gasteiger partial charge is 0.224 e. The van der Waals surface area contributed by atoms with Gasteiger partial charge in [0.15, 0.2) is 0 Å². The number of carbonyl (C=O) groups is 1. The third-order valence-electron chi connectivity index (χ3n) is 6.36. The molecule has 1 N–H and O–H groups in total. The fourth-order valence-corrected chi connectivity index (χ4v) is 4.72. The monoisotopic (exact) mass is 430 g/mol. The molecule has 1 amide bonds. The number of piperidine rings is 1. The van der Waals surface area contributed by atoms with Gasteiger partial charge in [-0.25, -0.2) is 4.39 Å². The zero-order valence-corrected chi connectivity index (χ0v) is 18.8. The zero-order valence-electron chi connectivity index (χ0n) is 18.8. The van der Waals surface area contributed by atoms with Gasteiger partial charge in [-0.05, 0) is 55.0 Å². The van der Waals surface area contributed by atoms with Crippen molar-refractivity contribution in [3.05, 3.63) is 107 Å². The Balaban J connectivity index is 1.52. The summed E-state index contributed by atoms with van der Waals surface area (Å²) in [5, 5.41) is 3.22. The first-order valence-corrected chi connectivity index (χ1v) is 11.4. The normalized spacial score (nSPS) is 20.0. The van der Waals surface area contributed by atoms with E-state index in [1.54, 1.807) is 12.1 Å². The van der Waals surface area contributed by atoms with E-state index in [0.29, 0.717) is 13.1 Å². The highest BCUT2D eigenvalue weighted by molar-refractivity contribution is 5.79. The van der Waals surface area contributed by atoms with Crippen molar-refractivity contribution in [1.29, 1.82) is 0 Å². The molecule has 0 spiro atoms. The molecule has 0 aromatic heterocycles. The lowest BCUT2D eigenvalue weighted by atomic mass is 9.83. The molecule has 0 saturated carbocycles. The summed E-state index contributed by atoms with van der Waals surface area (Å²) in [4.78, 5) is 15.6. The Hall–Kier alpha value is -2.98. The van der Waals surface area contributed by atoms with E-state index in [2.05, 4.69) is 41.4 Å². The molecule has 32 heavy (non-hydrogen) atoms. The van der Waals surface area contributed by atoms with Gasteiger partial charge in [-0.15, -0.1) is 0 Å². The van der Waals surface area contributed by atoms with Crippen molar-refractivity contribution in [2.24, 2.45) is 5.92 Å². The van der Waals surface area contributed by atoms with E-state index in [4.69, 9.17) is 0 Å². The fourth-order valence-electron chi connectivity index (χ4n) is 4.72.